The fourth-order valence-corrected chi connectivity index (χ4v) is 3.51. The molecule has 1 aliphatic heterocycles. The van der Waals surface area contributed by atoms with E-state index in [-0.39, 0.29) is 0 Å². The molecule has 3 rings (SSSR count). The van der Waals surface area contributed by atoms with Gasteiger partial charge in [-0.15, -0.1) is 0 Å². The Labute approximate surface area is 175 Å². The van der Waals surface area contributed by atoms with Crippen LogP contribution in [0.2, 0.25) is 0 Å². The summed E-state index contributed by atoms with van der Waals surface area (Å²) in [5, 5.41) is 3.37. The number of hydrogen-bond donors (Lipinski definition) is 1. The minimum Gasteiger partial charge on any atom is -0.368 e. The molecule has 1 saturated heterocycles. The van der Waals surface area contributed by atoms with Gasteiger partial charge >= 0.3 is 0 Å². The quantitative estimate of drug-likeness (QED) is 0.585. The zero-order chi connectivity index (χ0) is 21.0. The van der Waals surface area contributed by atoms with Crippen molar-refractivity contribution in [2.45, 2.75) is 26.3 Å². The van der Waals surface area contributed by atoms with Crippen molar-refractivity contribution in [3.05, 3.63) is 73.4 Å². The summed E-state index contributed by atoms with van der Waals surface area (Å²) >= 11 is 0. The van der Waals surface area contributed by atoms with Crippen molar-refractivity contribution < 1.29 is 0 Å². The van der Waals surface area contributed by atoms with Crippen LogP contribution in [0.25, 0.3) is 5.70 Å². The summed E-state index contributed by atoms with van der Waals surface area (Å²) < 4.78 is 0. The van der Waals surface area contributed by atoms with Gasteiger partial charge < -0.3 is 15.1 Å². The SMILES string of the molecule is Bc1ccc(NC(=C)c2cc(N3CCN(C(=C)C=C)CC3C)nc(CC)n2)cc1. The minimum atomic E-state index is 0.311. The van der Waals surface area contributed by atoms with Crippen LogP contribution in [-0.2, 0) is 6.42 Å². The van der Waals surface area contributed by atoms with Crippen LogP contribution in [-0.4, -0.2) is 48.4 Å². The van der Waals surface area contributed by atoms with Gasteiger partial charge in [-0.1, -0.05) is 44.3 Å². The van der Waals surface area contributed by atoms with Crippen LogP contribution in [0.15, 0.2) is 61.8 Å². The second-order valence-electron chi connectivity index (χ2n) is 7.53. The van der Waals surface area contributed by atoms with E-state index in [4.69, 9.17) is 9.97 Å². The maximum Gasteiger partial charge on any atom is 0.139 e. The highest BCUT2D eigenvalue weighted by Gasteiger charge is 2.25. The highest BCUT2D eigenvalue weighted by molar-refractivity contribution is 6.32. The number of aromatic nitrogens is 2. The molecule has 1 atom stereocenters. The Morgan fingerprint density at radius 3 is 2.59 bits per heavy atom. The van der Waals surface area contributed by atoms with E-state index in [9.17, 15) is 0 Å². The Kier molecular flexibility index (Phi) is 6.42. The third-order valence-electron chi connectivity index (χ3n) is 5.29. The van der Waals surface area contributed by atoms with Gasteiger partial charge in [0.15, 0.2) is 0 Å². The second kappa shape index (κ2) is 8.99. The zero-order valence-electron chi connectivity index (χ0n) is 17.8. The molecule has 0 saturated carbocycles. The number of nitrogens with zero attached hydrogens (tertiary/aromatic N) is 4. The van der Waals surface area contributed by atoms with E-state index in [1.165, 1.54) is 5.46 Å². The molecule has 2 aromatic rings. The zero-order valence-corrected chi connectivity index (χ0v) is 17.8. The van der Waals surface area contributed by atoms with E-state index in [2.05, 4.69) is 80.8 Å². The maximum absolute atomic E-state index is 4.80. The molecular formula is C23H30BN5. The first kappa shape index (κ1) is 20.7. The number of rotatable bonds is 7. The molecule has 0 amide bonds. The van der Waals surface area contributed by atoms with Crippen molar-refractivity contribution >= 4 is 30.5 Å². The number of piperazine rings is 1. The lowest BCUT2D eigenvalue weighted by atomic mass is 9.96. The fraction of sp³-hybridized carbons (Fsp3) is 0.304. The number of hydrogen-bond acceptors (Lipinski definition) is 5. The van der Waals surface area contributed by atoms with Gasteiger partial charge in [0, 0.05) is 49.5 Å². The monoisotopic (exact) mass is 387 g/mol. The molecule has 0 spiro atoms. The van der Waals surface area contributed by atoms with E-state index in [1.54, 1.807) is 0 Å². The Morgan fingerprint density at radius 1 is 1.24 bits per heavy atom. The van der Waals surface area contributed by atoms with Gasteiger partial charge in [-0.2, -0.15) is 0 Å². The number of allylic oxidation sites excluding steroid dienone is 1. The van der Waals surface area contributed by atoms with Crippen molar-refractivity contribution in [3.63, 3.8) is 0 Å². The van der Waals surface area contributed by atoms with Gasteiger partial charge in [-0.05, 0) is 25.1 Å². The molecule has 1 N–H and O–H groups in total. The van der Waals surface area contributed by atoms with E-state index < -0.39 is 0 Å². The largest absolute Gasteiger partial charge is 0.368 e. The summed E-state index contributed by atoms with van der Waals surface area (Å²) in [7, 11) is 2.08. The van der Waals surface area contributed by atoms with Gasteiger partial charge in [0.2, 0.25) is 0 Å². The molecule has 150 valence electrons. The highest BCUT2D eigenvalue weighted by atomic mass is 15.3. The minimum absolute atomic E-state index is 0.311. The standard InChI is InChI=1S/C23H30BN5/c1-6-16(3)28-12-13-29(17(4)15-28)23-14-21(26-22(7-2)27-23)18(5)25-20-10-8-19(24)9-11-20/h6,8-11,14,17,25H,1,3,5,7,12-13,15,24H2,2,4H3. The fourth-order valence-electron chi connectivity index (χ4n) is 3.51. The Bertz CT molecular complexity index is 906. The van der Waals surface area contributed by atoms with E-state index in [0.717, 1.165) is 60.5 Å². The number of nitrogens with one attached hydrogen (secondary N) is 1. The van der Waals surface area contributed by atoms with Crippen molar-refractivity contribution in [1.29, 1.82) is 0 Å². The smallest absolute Gasteiger partial charge is 0.139 e. The Balaban J connectivity index is 1.81. The van der Waals surface area contributed by atoms with Crippen LogP contribution in [0.4, 0.5) is 11.5 Å². The molecule has 0 bridgehead atoms. The predicted molar refractivity (Wildman–Crippen MR) is 126 cm³/mol. The molecule has 6 heteroatoms. The highest BCUT2D eigenvalue weighted by Crippen LogP contribution is 2.24. The average Bonchev–Trinajstić information content (AvgIpc) is 2.74. The average molecular weight is 387 g/mol. The van der Waals surface area contributed by atoms with E-state index in [0.29, 0.717) is 6.04 Å². The first-order chi connectivity index (χ1) is 13.9. The molecular weight excluding hydrogens is 357 g/mol. The first-order valence-electron chi connectivity index (χ1n) is 10.1. The van der Waals surface area contributed by atoms with Crippen molar-refractivity contribution in [3.8, 4) is 0 Å². The van der Waals surface area contributed by atoms with Crippen molar-refractivity contribution in [2.24, 2.45) is 0 Å². The van der Waals surface area contributed by atoms with Crippen molar-refractivity contribution in [1.82, 2.24) is 14.9 Å². The lowest BCUT2D eigenvalue weighted by Crippen LogP contribution is -2.51. The first-order valence-corrected chi connectivity index (χ1v) is 10.1. The molecule has 1 aromatic carbocycles. The summed E-state index contributed by atoms with van der Waals surface area (Å²) in [6, 6.07) is 10.6. The molecule has 2 heterocycles. The molecule has 1 unspecified atom stereocenters. The normalized spacial score (nSPS) is 16.4. The summed E-state index contributed by atoms with van der Waals surface area (Å²) in [5.41, 5.74) is 4.82. The maximum atomic E-state index is 4.80. The molecule has 1 aromatic heterocycles. The second-order valence-corrected chi connectivity index (χ2v) is 7.53. The van der Waals surface area contributed by atoms with Gasteiger partial charge in [0.1, 0.15) is 19.5 Å². The van der Waals surface area contributed by atoms with Crippen LogP contribution < -0.4 is 15.7 Å². The predicted octanol–water partition coefficient (Wildman–Crippen LogP) is 2.59. The Hall–Kier alpha value is -3.02. The summed E-state index contributed by atoms with van der Waals surface area (Å²) in [6.07, 6.45) is 2.60. The topological polar surface area (TPSA) is 44.3 Å². The Morgan fingerprint density at radius 2 is 1.97 bits per heavy atom. The molecule has 0 aliphatic carbocycles. The lowest BCUT2D eigenvalue weighted by Gasteiger charge is -2.42. The van der Waals surface area contributed by atoms with E-state index in [1.807, 2.05) is 12.1 Å². The van der Waals surface area contributed by atoms with Gasteiger partial charge in [0.05, 0.1) is 11.4 Å². The summed E-state index contributed by atoms with van der Waals surface area (Å²) in [4.78, 5) is 14.1. The van der Waals surface area contributed by atoms with Crippen molar-refractivity contribution in [2.75, 3.05) is 29.9 Å². The summed E-state index contributed by atoms with van der Waals surface area (Å²) in [5.74, 6) is 1.78. The third-order valence-corrected chi connectivity index (χ3v) is 5.29. The number of benzene rings is 1. The van der Waals surface area contributed by atoms with E-state index >= 15 is 0 Å². The van der Waals surface area contributed by atoms with Crippen LogP contribution in [0.5, 0.6) is 0 Å². The number of anilines is 2. The molecule has 5 nitrogen and oxygen atoms in total. The molecule has 29 heavy (non-hydrogen) atoms. The van der Waals surface area contributed by atoms with Crippen LogP contribution in [0, 0.1) is 0 Å². The van der Waals surface area contributed by atoms with Gasteiger partial charge in [-0.3, -0.25) is 0 Å². The van der Waals surface area contributed by atoms with Crippen LogP contribution >= 0.6 is 0 Å². The van der Waals surface area contributed by atoms with Crippen LogP contribution in [0.1, 0.15) is 25.4 Å². The van der Waals surface area contributed by atoms with Gasteiger partial charge in [0.25, 0.3) is 0 Å². The number of aryl methyl sites for hydroxylation is 1. The molecule has 1 aliphatic rings. The lowest BCUT2D eigenvalue weighted by molar-refractivity contribution is 0.291. The van der Waals surface area contributed by atoms with Crippen LogP contribution in [0.3, 0.4) is 0 Å². The van der Waals surface area contributed by atoms with Gasteiger partial charge in [-0.25, -0.2) is 9.97 Å². The summed E-state index contributed by atoms with van der Waals surface area (Å²) in [6.45, 7) is 19.1. The third kappa shape index (κ3) is 4.88. The molecule has 1 fully saturated rings. The molecule has 0 radical (unpaired) electrons.